The van der Waals surface area contributed by atoms with Crippen LogP contribution in [-0.4, -0.2) is 19.6 Å². The highest BCUT2D eigenvalue weighted by Gasteiger charge is 2.21. The molecule has 5 heteroatoms. The van der Waals surface area contributed by atoms with Gasteiger partial charge in [0.1, 0.15) is 5.82 Å². The van der Waals surface area contributed by atoms with Crippen LogP contribution in [0.25, 0.3) is 0 Å². The van der Waals surface area contributed by atoms with E-state index in [1.165, 1.54) is 24.1 Å². The molecule has 2 rings (SSSR count). The van der Waals surface area contributed by atoms with Crippen molar-refractivity contribution in [3.05, 3.63) is 53.8 Å². The Morgan fingerprint density at radius 2 is 1.90 bits per heavy atom. The first-order valence-electron chi connectivity index (χ1n) is 6.58. The molecule has 0 aliphatic heterocycles. The number of carbonyl (C=O) groups excluding carboxylic acids is 1. The monoisotopic (exact) mass is 288 g/mol. The average molecular weight is 288 g/mol. The number of halogens is 1. The Morgan fingerprint density at radius 1 is 1.24 bits per heavy atom. The van der Waals surface area contributed by atoms with Gasteiger partial charge in [0.15, 0.2) is 5.75 Å². The third-order valence-electron chi connectivity index (χ3n) is 3.18. The zero-order valence-electron chi connectivity index (χ0n) is 12.0. The van der Waals surface area contributed by atoms with E-state index in [9.17, 15) is 9.18 Å². The van der Waals surface area contributed by atoms with Crippen LogP contribution in [0.5, 0.6) is 5.75 Å². The van der Waals surface area contributed by atoms with Crippen LogP contribution in [0.15, 0.2) is 42.5 Å². The summed E-state index contributed by atoms with van der Waals surface area (Å²) >= 11 is 0. The van der Waals surface area contributed by atoms with E-state index in [4.69, 9.17) is 10.5 Å². The minimum Gasteiger partial charge on any atom is -0.494 e. The molecular formula is C16H17FN2O2. The van der Waals surface area contributed by atoms with Crippen molar-refractivity contribution in [1.29, 1.82) is 0 Å². The number of nitrogen functional groups attached to an aromatic ring is 1. The van der Waals surface area contributed by atoms with Crippen LogP contribution < -0.4 is 15.4 Å². The van der Waals surface area contributed by atoms with Crippen LogP contribution >= 0.6 is 0 Å². The van der Waals surface area contributed by atoms with Crippen molar-refractivity contribution in [1.82, 2.24) is 0 Å². The normalized spacial score (nSPS) is 10.2. The lowest BCUT2D eigenvalue weighted by Gasteiger charge is -2.22. The van der Waals surface area contributed by atoms with E-state index >= 15 is 0 Å². The lowest BCUT2D eigenvalue weighted by Crippen LogP contribution is -2.31. The Balaban J connectivity index is 2.41. The second kappa shape index (κ2) is 6.26. The molecule has 1 amide bonds. The second-order valence-corrected chi connectivity index (χ2v) is 4.45. The molecule has 2 aromatic rings. The fourth-order valence-corrected chi connectivity index (χ4v) is 2.16. The van der Waals surface area contributed by atoms with E-state index in [1.54, 1.807) is 30.3 Å². The number of carbonyl (C=O) groups is 1. The number of anilines is 2. The van der Waals surface area contributed by atoms with Crippen molar-refractivity contribution in [2.24, 2.45) is 0 Å². The fraction of sp³-hybridized carbons (Fsp3) is 0.188. The van der Waals surface area contributed by atoms with E-state index in [-0.39, 0.29) is 11.7 Å². The van der Waals surface area contributed by atoms with Crippen LogP contribution in [0.1, 0.15) is 17.3 Å². The molecule has 0 atom stereocenters. The Kier molecular flexibility index (Phi) is 4.42. The van der Waals surface area contributed by atoms with Gasteiger partial charge in [-0.25, -0.2) is 4.39 Å². The molecule has 0 fully saturated rings. The van der Waals surface area contributed by atoms with Crippen LogP contribution in [0.4, 0.5) is 15.8 Å². The highest BCUT2D eigenvalue weighted by molar-refractivity contribution is 6.08. The molecule has 0 bridgehead atoms. The summed E-state index contributed by atoms with van der Waals surface area (Å²) < 4.78 is 18.2. The second-order valence-electron chi connectivity index (χ2n) is 4.45. The Bertz CT molecular complexity index is 641. The molecule has 4 nitrogen and oxygen atoms in total. The van der Waals surface area contributed by atoms with Crippen molar-refractivity contribution in [2.45, 2.75) is 6.92 Å². The van der Waals surface area contributed by atoms with Gasteiger partial charge in [0.05, 0.1) is 18.4 Å². The zero-order valence-corrected chi connectivity index (χ0v) is 12.0. The molecular weight excluding hydrogens is 271 g/mol. The van der Waals surface area contributed by atoms with Crippen LogP contribution in [0.3, 0.4) is 0 Å². The number of methoxy groups -OCH3 is 1. The number of hydrogen-bond donors (Lipinski definition) is 1. The predicted molar refractivity (Wildman–Crippen MR) is 81.2 cm³/mol. The van der Waals surface area contributed by atoms with Gasteiger partial charge in [0.25, 0.3) is 5.91 Å². The lowest BCUT2D eigenvalue weighted by atomic mass is 10.1. The predicted octanol–water partition coefficient (Wildman–Crippen LogP) is 3.08. The number of rotatable bonds is 4. The van der Waals surface area contributed by atoms with Crippen LogP contribution in [-0.2, 0) is 0 Å². The molecule has 110 valence electrons. The van der Waals surface area contributed by atoms with Gasteiger partial charge in [-0.1, -0.05) is 6.07 Å². The molecule has 0 saturated heterocycles. The number of benzene rings is 2. The number of nitrogens with zero attached hydrogens (tertiary/aromatic N) is 1. The van der Waals surface area contributed by atoms with Gasteiger partial charge in [0, 0.05) is 12.2 Å². The summed E-state index contributed by atoms with van der Waals surface area (Å²) in [6.07, 6.45) is 0. The van der Waals surface area contributed by atoms with Gasteiger partial charge in [-0.05, 0) is 43.3 Å². The smallest absolute Gasteiger partial charge is 0.262 e. The summed E-state index contributed by atoms with van der Waals surface area (Å²) in [5.41, 5.74) is 7.22. The lowest BCUT2D eigenvalue weighted by molar-refractivity contribution is 0.0985. The molecule has 0 aliphatic rings. The maximum absolute atomic E-state index is 13.0. The maximum atomic E-state index is 13.0. The van der Waals surface area contributed by atoms with Gasteiger partial charge in [-0.3, -0.25) is 4.79 Å². The van der Waals surface area contributed by atoms with E-state index in [0.717, 1.165) is 0 Å². The Hall–Kier alpha value is -2.56. The number of nitrogens with two attached hydrogens (primary N) is 1. The van der Waals surface area contributed by atoms with E-state index in [1.807, 2.05) is 6.92 Å². The number of para-hydroxylation sites is 1. The molecule has 0 saturated carbocycles. The van der Waals surface area contributed by atoms with E-state index < -0.39 is 0 Å². The van der Waals surface area contributed by atoms with E-state index in [2.05, 4.69) is 0 Å². The van der Waals surface area contributed by atoms with Gasteiger partial charge < -0.3 is 15.4 Å². The average Bonchev–Trinajstić information content (AvgIpc) is 2.49. The Labute approximate surface area is 122 Å². The van der Waals surface area contributed by atoms with Crippen molar-refractivity contribution in [3.63, 3.8) is 0 Å². The molecule has 0 radical (unpaired) electrons. The van der Waals surface area contributed by atoms with Gasteiger partial charge in [-0.15, -0.1) is 0 Å². The largest absolute Gasteiger partial charge is 0.494 e. The summed E-state index contributed by atoms with van der Waals surface area (Å²) in [6.45, 7) is 2.29. The summed E-state index contributed by atoms with van der Waals surface area (Å²) in [4.78, 5) is 14.2. The zero-order chi connectivity index (χ0) is 15.4. The standard InChI is InChI=1S/C16H17FN2O2/c1-3-19(12-9-7-11(17)8-10-12)16(20)13-5-4-6-14(18)15(13)21-2/h4-10H,3,18H2,1-2H3. The summed E-state index contributed by atoms with van der Waals surface area (Å²) in [5.74, 6) is -0.236. The van der Waals surface area contributed by atoms with Crippen LogP contribution in [0.2, 0.25) is 0 Å². The summed E-state index contributed by atoms with van der Waals surface area (Å²) in [6, 6.07) is 10.8. The summed E-state index contributed by atoms with van der Waals surface area (Å²) in [5, 5.41) is 0. The maximum Gasteiger partial charge on any atom is 0.262 e. The molecule has 21 heavy (non-hydrogen) atoms. The Morgan fingerprint density at radius 3 is 2.48 bits per heavy atom. The first kappa shape index (κ1) is 14.8. The van der Waals surface area contributed by atoms with Crippen molar-refractivity contribution in [2.75, 3.05) is 24.3 Å². The van der Waals surface area contributed by atoms with E-state index in [0.29, 0.717) is 29.2 Å². The molecule has 0 unspecified atom stereocenters. The number of amides is 1. The van der Waals surface area contributed by atoms with Gasteiger partial charge in [0.2, 0.25) is 0 Å². The third kappa shape index (κ3) is 2.97. The highest BCUT2D eigenvalue weighted by atomic mass is 19.1. The SMILES string of the molecule is CCN(C(=O)c1cccc(N)c1OC)c1ccc(F)cc1. The number of ether oxygens (including phenoxy) is 1. The topological polar surface area (TPSA) is 55.6 Å². The van der Waals surface area contributed by atoms with Crippen LogP contribution in [0, 0.1) is 5.82 Å². The molecule has 2 N–H and O–H groups in total. The minimum atomic E-state index is -0.344. The molecule has 2 aromatic carbocycles. The van der Waals surface area contributed by atoms with Gasteiger partial charge >= 0.3 is 0 Å². The first-order valence-corrected chi connectivity index (χ1v) is 6.58. The van der Waals surface area contributed by atoms with Gasteiger partial charge in [-0.2, -0.15) is 0 Å². The molecule has 0 aliphatic carbocycles. The number of hydrogen-bond acceptors (Lipinski definition) is 3. The molecule has 0 heterocycles. The minimum absolute atomic E-state index is 0.242. The molecule has 0 spiro atoms. The van der Waals surface area contributed by atoms with Crippen molar-refractivity contribution < 1.29 is 13.9 Å². The highest BCUT2D eigenvalue weighted by Crippen LogP contribution is 2.28. The fourth-order valence-electron chi connectivity index (χ4n) is 2.16. The molecule has 0 aromatic heterocycles. The van der Waals surface area contributed by atoms with Crippen molar-refractivity contribution in [3.8, 4) is 5.75 Å². The first-order chi connectivity index (χ1) is 10.1. The summed E-state index contributed by atoms with van der Waals surface area (Å²) in [7, 11) is 1.47. The third-order valence-corrected chi connectivity index (χ3v) is 3.18. The quantitative estimate of drug-likeness (QED) is 0.880. The van der Waals surface area contributed by atoms with Crippen molar-refractivity contribution >= 4 is 17.3 Å².